The van der Waals surface area contributed by atoms with Gasteiger partial charge in [-0.3, -0.25) is 9.69 Å². The molecule has 148 valence electrons. The second-order valence-electron chi connectivity index (χ2n) is 6.58. The Labute approximate surface area is 169 Å². The number of aromatic nitrogens is 1. The summed E-state index contributed by atoms with van der Waals surface area (Å²) >= 11 is 1.46. The minimum Gasteiger partial charge on any atom is -0.450 e. The Morgan fingerprint density at radius 1 is 1.32 bits per heavy atom. The van der Waals surface area contributed by atoms with Gasteiger partial charge in [-0.05, 0) is 19.8 Å². The van der Waals surface area contributed by atoms with Gasteiger partial charge in [0.2, 0.25) is 5.91 Å². The zero-order chi connectivity index (χ0) is 19.9. The van der Waals surface area contributed by atoms with Gasteiger partial charge < -0.3 is 9.64 Å². The fraction of sp³-hybridized carbons (Fsp3) is 0.381. The Kier molecular flexibility index (Phi) is 6.81. The number of piperidine rings is 1. The Morgan fingerprint density at radius 3 is 2.68 bits per heavy atom. The van der Waals surface area contributed by atoms with Gasteiger partial charge in [-0.2, -0.15) is 0 Å². The van der Waals surface area contributed by atoms with Crippen LogP contribution in [0.3, 0.4) is 0 Å². The van der Waals surface area contributed by atoms with E-state index >= 15 is 0 Å². The highest BCUT2D eigenvalue weighted by molar-refractivity contribution is 7.14. The molecule has 1 aromatic heterocycles. The molecule has 7 heteroatoms. The number of nitrogens with zero attached hydrogens (tertiary/aromatic N) is 3. The molecule has 6 nitrogen and oxygen atoms in total. The summed E-state index contributed by atoms with van der Waals surface area (Å²) in [6.07, 6.45) is 2.67. The highest BCUT2D eigenvalue weighted by Crippen LogP contribution is 2.30. The first-order chi connectivity index (χ1) is 13.6. The van der Waals surface area contributed by atoms with Crippen molar-refractivity contribution in [1.82, 2.24) is 9.88 Å². The Balaban J connectivity index is 1.69. The van der Waals surface area contributed by atoms with Crippen LogP contribution in [0.2, 0.25) is 0 Å². The van der Waals surface area contributed by atoms with Crippen LogP contribution in [0.1, 0.15) is 19.8 Å². The van der Waals surface area contributed by atoms with Crippen LogP contribution in [0.5, 0.6) is 0 Å². The Hall–Kier alpha value is -2.67. The van der Waals surface area contributed by atoms with Gasteiger partial charge in [0.15, 0.2) is 5.13 Å². The van der Waals surface area contributed by atoms with Crippen LogP contribution in [0, 0.1) is 5.92 Å². The molecule has 3 rings (SSSR count). The molecule has 2 amide bonds. The smallest absolute Gasteiger partial charge is 0.409 e. The maximum Gasteiger partial charge on any atom is 0.409 e. The molecule has 28 heavy (non-hydrogen) atoms. The summed E-state index contributed by atoms with van der Waals surface area (Å²) in [5.74, 6) is -0.0907. The van der Waals surface area contributed by atoms with E-state index in [0.29, 0.717) is 44.2 Å². The van der Waals surface area contributed by atoms with E-state index in [1.807, 2.05) is 35.7 Å². The molecule has 1 fully saturated rings. The predicted molar refractivity (Wildman–Crippen MR) is 111 cm³/mol. The maximum atomic E-state index is 13.1. The van der Waals surface area contributed by atoms with E-state index in [4.69, 9.17) is 4.74 Å². The van der Waals surface area contributed by atoms with Crippen molar-refractivity contribution in [2.24, 2.45) is 5.92 Å². The molecule has 2 heterocycles. The third kappa shape index (κ3) is 4.59. The number of likely N-dealkylation sites (tertiary alicyclic amines) is 1. The first kappa shape index (κ1) is 20.1. The highest BCUT2D eigenvalue weighted by atomic mass is 32.1. The molecule has 1 saturated heterocycles. The van der Waals surface area contributed by atoms with Crippen LogP contribution in [0.15, 0.2) is 48.4 Å². The van der Waals surface area contributed by atoms with Crippen molar-refractivity contribution in [3.63, 3.8) is 0 Å². The summed E-state index contributed by atoms with van der Waals surface area (Å²) in [5.41, 5.74) is 1.89. The quantitative estimate of drug-likeness (QED) is 0.683. The second-order valence-corrected chi connectivity index (χ2v) is 7.42. The van der Waals surface area contributed by atoms with Crippen LogP contribution >= 0.6 is 11.3 Å². The second kappa shape index (κ2) is 9.50. The van der Waals surface area contributed by atoms with Gasteiger partial charge in [-0.15, -0.1) is 17.9 Å². The summed E-state index contributed by atoms with van der Waals surface area (Å²) in [5, 5.41) is 2.65. The number of amides is 2. The predicted octanol–water partition coefficient (Wildman–Crippen LogP) is 4.20. The number of hydrogen-bond donors (Lipinski definition) is 0. The molecule has 0 aliphatic carbocycles. The number of ether oxygens (including phenoxy) is 1. The van der Waals surface area contributed by atoms with Crippen LogP contribution in [-0.2, 0) is 9.53 Å². The number of anilines is 1. The SMILES string of the molecule is C=CCN(C(=O)C1CCN(C(=O)OCC)CC1)c1nc(-c2ccccc2)cs1. The molecule has 0 radical (unpaired) electrons. The van der Waals surface area contributed by atoms with Gasteiger partial charge >= 0.3 is 6.09 Å². The molecule has 0 saturated carbocycles. The van der Waals surface area contributed by atoms with E-state index in [1.54, 1.807) is 22.8 Å². The molecule has 0 N–H and O–H groups in total. The zero-order valence-corrected chi connectivity index (χ0v) is 16.9. The van der Waals surface area contributed by atoms with Crippen LogP contribution in [0.25, 0.3) is 11.3 Å². The molecular formula is C21H25N3O3S. The van der Waals surface area contributed by atoms with E-state index in [2.05, 4.69) is 11.6 Å². The number of hydrogen-bond acceptors (Lipinski definition) is 5. The summed E-state index contributed by atoms with van der Waals surface area (Å²) in [6.45, 7) is 7.42. The van der Waals surface area contributed by atoms with E-state index in [1.165, 1.54) is 11.3 Å². The van der Waals surface area contributed by atoms with Crippen LogP contribution < -0.4 is 4.90 Å². The lowest BCUT2D eigenvalue weighted by molar-refractivity contribution is -0.123. The summed E-state index contributed by atoms with van der Waals surface area (Å²) < 4.78 is 5.05. The number of carbonyl (C=O) groups excluding carboxylic acids is 2. The number of rotatable bonds is 6. The lowest BCUT2D eigenvalue weighted by Crippen LogP contribution is -2.44. The van der Waals surface area contributed by atoms with Crippen LogP contribution in [-0.4, -0.2) is 48.1 Å². The normalized spacial score (nSPS) is 14.5. The first-order valence-electron chi connectivity index (χ1n) is 9.49. The summed E-state index contributed by atoms with van der Waals surface area (Å²) in [7, 11) is 0. The van der Waals surface area contributed by atoms with E-state index in [0.717, 1.165) is 11.3 Å². The largest absolute Gasteiger partial charge is 0.450 e. The molecular weight excluding hydrogens is 374 g/mol. The monoisotopic (exact) mass is 399 g/mol. The van der Waals surface area contributed by atoms with E-state index < -0.39 is 0 Å². The Morgan fingerprint density at radius 2 is 2.04 bits per heavy atom. The first-order valence-corrected chi connectivity index (χ1v) is 10.4. The third-order valence-electron chi connectivity index (χ3n) is 4.74. The molecule has 1 aliphatic rings. The Bertz CT molecular complexity index is 813. The van der Waals surface area contributed by atoms with Gasteiger partial charge in [0.05, 0.1) is 12.3 Å². The lowest BCUT2D eigenvalue weighted by atomic mass is 9.95. The van der Waals surface area contributed by atoms with Gasteiger partial charge in [0.25, 0.3) is 0 Å². The minimum absolute atomic E-state index is 0.0392. The molecule has 0 bridgehead atoms. The van der Waals surface area contributed by atoms with Crippen molar-refractivity contribution < 1.29 is 14.3 Å². The average Bonchev–Trinajstić information content (AvgIpc) is 3.22. The number of thiazole rings is 1. The van der Waals surface area contributed by atoms with Crippen molar-refractivity contribution in [1.29, 1.82) is 0 Å². The van der Waals surface area contributed by atoms with Gasteiger partial charge in [-0.25, -0.2) is 9.78 Å². The van der Waals surface area contributed by atoms with Crippen molar-refractivity contribution in [3.8, 4) is 11.3 Å². The fourth-order valence-electron chi connectivity index (χ4n) is 3.27. The molecule has 2 aromatic rings. The molecule has 0 unspecified atom stereocenters. The summed E-state index contributed by atoms with van der Waals surface area (Å²) in [6, 6.07) is 9.91. The van der Waals surface area contributed by atoms with Crippen molar-refractivity contribution in [2.45, 2.75) is 19.8 Å². The van der Waals surface area contributed by atoms with Gasteiger partial charge in [0, 0.05) is 36.5 Å². The highest BCUT2D eigenvalue weighted by Gasteiger charge is 2.32. The molecule has 0 atom stereocenters. The van der Waals surface area contributed by atoms with E-state index in [-0.39, 0.29) is 17.9 Å². The molecule has 1 aromatic carbocycles. The number of carbonyl (C=O) groups is 2. The van der Waals surface area contributed by atoms with Gasteiger partial charge in [0.1, 0.15) is 0 Å². The molecule has 1 aliphatic heterocycles. The molecule has 0 spiro atoms. The standard InChI is InChI=1S/C21H25N3O3S/c1-3-12-24(20-22-18(15-28-20)16-8-6-5-7-9-16)19(25)17-10-13-23(14-11-17)21(26)27-4-2/h3,5-9,15,17H,1,4,10-14H2,2H3. The maximum absolute atomic E-state index is 13.1. The lowest BCUT2D eigenvalue weighted by Gasteiger charge is -2.32. The topological polar surface area (TPSA) is 62.7 Å². The van der Waals surface area contributed by atoms with Crippen LogP contribution in [0.4, 0.5) is 9.93 Å². The van der Waals surface area contributed by atoms with Gasteiger partial charge in [-0.1, -0.05) is 36.4 Å². The number of benzene rings is 1. The third-order valence-corrected chi connectivity index (χ3v) is 5.60. The van der Waals surface area contributed by atoms with Crippen molar-refractivity contribution in [3.05, 3.63) is 48.4 Å². The average molecular weight is 400 g/mol. The van der Waals surface area contributed by atoms with Crippen molar-refractivity contribution >= 4 is 28.5 Å². The zero-order valence-electron chi connectivity index (χ0n) is 16.0. The van der Waals surface area contributed by atoms with Crippen molar-refractivity contribution in [2.75, 3.05) is 31.1 Å². The van der Waals surface area contributed by atoms with E-state index in [9.17, 15) is 9.59 Å². The fourth-order valence-corrected chi connectivity index (χ4v) is 4.11. The minimum atomic E-state index is -0.302. The summed E-state index contributed by atoms with van der Waals surface area (Å²) in [4.78, 5) is 33.0.